The monoisotopic (exact) mass is 314 g/mol. The van der Waals surface area contributed by atoms with E-state index in [-0.39, 0.29) is 12.6 Å². The molecule has 0 aliphatic rings. The molecule has 2 rings (SSSR count). The van der Waals surface area contributed by atoms with Gasteiger partial charge in [-0.2, -0.15) is 4.98 Å². The first kappa shape index (κ1) is 16.7. The second kappa shape index (κ2) is 8.12. The largest absolute Gasteiger partial charge is 0.338 e. The number of aromatic nitrogens is 2. The molecule has 122 valence electrons. The molecule has 1 aromatic heterocycles. The van der Waals surface area contributed by atoms with Gasteiger partial charge in [0.05, 0.1) is 0 Å². The van der Waals surface area contributed by atoms with Crippen LogP contribution < -0.4 is 5.32 Å². The number of carbonyl (C=O) groups excluding carboxylic acids is 1. The summed E-state index contributed by atoms with van der Waals surface area (Å²) in [5, 5.41) is 6.82. The lowest BCUT2D eigenvalue weighted by Gasteiger charge is -2.19. The molecule has 0 saturated heterocycles. The Kier molecular flexibility index (Phi) is 5.91. The minimum atomic E-state index is -0.165. The smallest absolute Gasteiger partial charge is 0.318 e. The predicted octanol–water partition coefficient (Wildman–Crippen LogP) is 3.15. The summed E-state index contributed by atoms with van der Waals surface area (Å²) >= 11 is 0. The fraction of sp³-hybridized carbons (Fsp3) is 0.353. The Labute approximate surface area is 136 Å². The summed E-state index contributed by atoms with van der Waals surface area (Å²) < 4.78 is 5.27. The van der Waals surface area contributed by atoms with Gasteiger partial charge in [0, 0.05) is 18.7 Å². The number of amides is 2. The zero-order valence-electron chi connectivity index (χ0n) is 13.6. The van der Waals surface area contributed by atoms with Crippen LogP contribution in [-0.4, -0.2) is 34.2 Å². The van der Waals surface area contributed by atoms with Gasteiger partial charge in [-0.1, -0.05) is 41.9 Å². The highest BCUT2D eigenvalue weighted by atomic mass is 16.5. The molecule has 0 fully saturated rings. The van der Waals surface area contributed by atoms with E-state index in [0.717, 1.165) is 17.5 Å². The van der Waals surface area contributed by atoms with E-state index in [2.05, 4.69) is 22.0 Å². The topological polar surface area (TPSA) is 71.3 Å². The maximum Gasteiger partial charge on any atom is 0.318 e. The van der Waals surface area contributed by atoms with Crippen molar-refractivity contribution in [1.82, 2.24) is 20.4 Å². The van der Waals surface area contributed by atoms with Gasteiger partial charge in [-0.25, -0.2) is 4.79 Å². The first-order valence-corrected chi connectivity index (χ1v) is 7.67. The number of hydrogen-bond acceptors (Lipinski definition) is 4. The van der Waals surface area contributed by atoms with Crippen molar-refractivity contribution in [2.45, 2.75) is 26.8 Å². The molecule has 1 N–H and O–H groups in total. The molecule has 0 unspecified atom stereocenters. The number of aryl methyl sites for hydroxylation is 1. The van der Waals surface area contributed by atoms with Crippen molar-refractivity contribution >= 4 is 6.03 Å². The fourth-order valence-electron chi connectivity index (χ4n) is 2.10. The van der Waals surface area contributed by atoms with E-state index in [4.69, 9.17) is 4.52 Å². The predicted molar refractivity (Wildman–Crippen MR) is 88.8 cm³/mol. The molecule has 0 bridgehead atoms. The third-order valence-electron chi connectivity index (χ3n) is 3.23. The number of nitrogens with one attached hydrogen (secondary N) is 1. The molecule has 1 aromatic carbocycles. The number of urea groups is 1. The fourth-order valence-corrected chi connectivity index (χ4v) is 2.10. The second-order valence-corrected chi connectivity index (χ2v) is 5.28. The van der Waals surface area contributed by atoms with Crippen LogP contribution in [0.4, 0.5) is 4.79 Å². The van der Waals surface area contributed by atoms with E-state index in [9.17, 15) is 4.79 Å². The third-order valence-corrected chi connectivity index (χ3v) is 3.23. The van der Waals surface area contributed by atoms with Crippen LogP contribution in [0.25, 0.3) is 11.4 Å². The van der Waals surface area contributed by atoms with Gasteiger partial charge in [-0.05, 0) is 19.4 Å². The standard InChI is InChI=1S/C17H22N4O2/c1-4-9-18-17(22)21(10-5-2)12-15-19-16(20-23-15)14-8-6-7-13(3)11-14/h5-8,11H,2,4,9-10,12H2,1,3H3,(H,18,22). The maximum absolute atomic E-state index is 12.1. The lowest BCUT2D eigenvalue weighted by Crippen LogP contribution is -2.39. The Bertz CT molecular complexity index is 666. The summed E-state index contributed by atoms with van der Waals surface area (Å²) in [5.41, 5.74) is 2.02. The van der Waals surface area contributed by atoms with Crippen LogP contribution >= 0.6 is 0 Å². The van der Waals surface area contributed by atoms with Gasteiger partial charge in [-0.3, -0.25) is 0 Å². The lowest BCUT2D eigenvalue weighted by molar-refractivity contribution is 0.193. The second-order valence-electron chi connectivity index (χ2n) is 5.28. The van der Waals surface area contributed by atoms with Gasteiger partial charge < -0.3 is 14.7 Å². The quantitative estimate of drug-likeness (QED) is 0.797. The third kappa shape index (κ3) is 4.67. The number of nitrogens with zero attached hydrogens (tertiary/aromatic N) is 3. The minimum absolute atomic E-state index is 0.165. The van der Waals surface area contributed by atoms with Gasteiger partial charge in [0.1, 0.15) is 6.54 Å². The first-order valence-electron chi connectivity index (χ1n) is 7.67. The Hall–Kier alpha value is -2.63. The van der Waals surface area contributed by atoms with E-state index in [1.807, 2.05) is 38.1 Å². The number of benzene rings is 1. The molecule has 0 atom stereocenters. The number of carbonyl (C=O) groups is 1. The highest BCUT2D eigenvalue weighted by molar-refractivity contribution is 5.74. The average Bonchev–Trinajstić information content (AvgIpc) is 3.01. The van der Waals surface area contributed by atoms with Crippen molar-refractivity contribution in [3.8, 4) is 11.4 Å². The van der Waals surface area contributed by atoms with E-state index in [1.54, 1.807) is 11.0 Å². The average molecular weight is 314 g/mol. The first-order chi connectivity index (χ1) is 11.1. The summed E-state index contributed by atoms with van der Waals surface area (Å²) in [5.74, 6) is 0.922. The molecule has 0 saturated carbocycles. The van der Waals surface area contributed by atoms with Crippen molar-refractivity contribution in [2.75, 3.05) is 13.1 Å². The van der Waals surface area contributed by atoms with Crippen molar-refractivity contribution in [2.24, 2.45) is 0 Å². The molecule has 2 amide bonds. The number of hydrogen-bond donors (Lipinski definition) is 1. The SMILES string of the molecule is C=CCN(Cc1nc(-c2cccc(C)c2)no1)C(=O)NCCC. The van der Waals surface area contributed by atoms with Crippen LogP contribution in [0.15, 0.2) is 41.4 Å². The van der Waals surface area contributed by atoms with Crippen molar-refractivity contribution in [3.05, 3.63) is 48.4 Å². The molecule has 2 aromatic rings. The molecule has 0 aliphatic carbocycles. The molecular formula is C17H22N4O2. The highest BCUT2D eigenvalue weighted by Crippen LogP contribution is 2.17. The summed E-state index contributed by atoms with van der Waals surface area (Å²) in [4.78, 5) is 18.0. The summed E-state index contributed by atoms with van der Waals surface area (Å²) in [6, 6.07) is 7.71. The number of rotatable bonds is 7. The zero-order chi connectivity index (χ0) is 16.7. The van der Waals surface area contributed by atoms with Crippen LogP contribution in [0.2, 0.25) is 0 Å². The highest BCUT2D eigenvalue weighted by Gasteiger charge is 2.16. The van der Waals surface area contributed by atoms with Crippen LogP contribution in [0.5, 0.6) is 0 Å². The molecule has 6 nitrogen and oxygen atoms in total. The molecule has 1 heterocycles. The van der Waals surface area contributed by atoms with Crippen LogP contribution in [0, 0.1) is 6.92 Å². The lowest BCUT2D eigenvalue weighted by atomic mass is 10.1. The van der Waals surface area contributed by atoms with Crippen LogP contribution in [0.1, 0.15) is 24.8 Å². The summed E-state index contributed by atoms with van der Waals surface area (Å²) in [7, 11) is 0. The molecule has 0 aliphatic heterocycles. The van der Waals surface area contributed by atoms with Gasteiger partial charge in [-0.15, -0.1) is 6.58 Å². The molecule has 0 spiro atoms. The summed E-state index contributed by atoms with van der Waals surface area (Å²) in [6.45, 7) is 8.99. The minimum Gasteiger partial charge on any atom is -0.338 e. The zero-order valence-corrected chi connectivity index (χ0v) is 13.6. The molecule has 6 heteroatoms. The van der Waals surface area contributed by atoms with E-state index in [0.29, 0.717) is 24.8 Å². The van der Waals surface area contributed by atoms with Gasteiger partial charge >= 0.3 is 6.03 Å². The van der Waals surface area contributed by atoms with Gasteiger partial charge in [0.2, 0.25) is 11.7 Å². The maximum atomic E-state index is 12.1. The normalized spacial score (nSPS) is 10.3. The van der Waals surface area contributed by atoms with Crippen molar-refractivity contribution < 1.29 is 9.32 Å². The van der Waals surface area contributed by atoms with E-state index >= 15 is 0 Å². The van der Waals surface area contributed by atoms with Crippen molar-refractivity contribution in [1.29, 1.82) is 0 Å². The van der Waals surface area contributed by atoms with E-state index in [1.165, 1.54) is 0 Å². The molecular weight excluding hydrogens is 292 g/mol. The van der Waals surface area contributed by atoms with Gasteiger partial charge in [0.25, 0.3) is 0 Å². The van der Waals surface area contributed by atoms with E-state index < -0.39 is 0 Å². The Morgan fingerprint density at radius 2 is 2.30 bits per heavy atom. The Balaban J connectivity index is 2.09. The Morgan fingerprint density at radius 3 is 3.00 bits per heavy atom. The Morgan fingerprint density at radius 1 is 1.48 bits per heavy atom. The van der Waals surface area contributed by atoms with Crippen molar-refractivity contribution in [3.63, 3.8) is 0 Å². The van der Waals surface area contributed by atoms with Crippen LogP contribution in [0.3, 0.4) is 0 Å². The van der Waals surface area contributed by atoms with Gasteiger partial charge in [0.15, 0.2) is 0 Å². The summed E-state index contributed by atoms with van der Waals surface area (Å²) in [6.07, 6.45) is 2.55. The van der Waals surface area contributed by atoms with Crippen LogP contribution in [-0.2, 0) is 6.54 Å². The molecule has 0 radical (unpaired) electrons. The molecule has 23 heavy (non-hydrogen) atoms.